The largest absolute Gasteiger partial charge is 0.466 e. The minimum absolute atomic E-state index is 0.0542. The van der Waals surface area contributed by atoms with E-state index in [1.807, 2.05) is 0 Å². The van der Waals surface area contributed by atoms with Gasteiger partial charge in [0.25, 0.3) is 0 Å². The zero-order valence-corrected chi connectivity index (χ0v) is 16.0. The monoisotopic (exact) mass is 449 g/mol. The van der Waals surface area contributed by atoms with Gasteiger partial charge >= 0.3 is 12.1 Å². The minimum Gasteiger partial charge on any atom is -0.466 e. The predicted molar refractivity (Wildman–Crippen MR) is 97.7 cm³/mol. The number of anilines is 1. The fraction of sp³-hybridized carbons (Fsp3) is 0.312. The number of hydrazone groups is 1. The second kappa shape index (κ2) is 9.13. The van der Waals surface area contributed by atoms with E-state index in [0.29, 0.717) is 23.0 Å². The Morgan fingerprint density at radius 2 is 2.23 bits per heavy atom. The average Bonchev–Trinajstić information content (AvgIpc) is 3.01. The van der Waals surface area contributed by atoms with E-state index < -0.39 is 11.7 Å². The number of alkyl halides is 4. The van der Waals surface area contributed by atoms with E-state index in [-0.39, 0.29) is 23.3 Å². The van der Waals surface area contributed by atoms with Crippen molar-refractivity contribution in [2.45, 2.75) is 24.9 Å². The smallest absolute Gasteiger partial charge is 0.416 e. The van der Waals surface area contributed by atoms with Gasteiger partial charge in [-0.2, -0.15) is 18.3 Å². The second-order valence-corrected chi connectivity index (χ2v) is 6.46. The summed E-state index contributed by atoms with van der Waals surface area (Å²) in [7, 11) is 0. The number of nitrogens with zero attached hydrogens (tertiary/aromatic N) is 2. The summed E-state index contributed by atoms with van der Waals surface area (Å²) >= 11 is 4.28. The highest BCUT2D eigenvalue weighted by atomic mass is 79.9. The lowest BCUT2D eigenvalue weighted by Crippen LogP contribution is -2.09. The molecule has 26 heavy (non-hydrogen) atoms. The third-order valence-electron chi connectivity index (χ3n) is 3.14. The topological polar surface area (TPSA) is 63.6 Å². The maximum atomic E-state index is 13.0. The molecule has 2 aromatic rings. The standard InChI is InChI=1S/C16H15BrF3N3O2S/c1-2-25-14(24)6-12-9-26-15(22-12)23-21-8-10-3-4-11(7-17)13(5-10)16(18,19)20/h3-5,8-9H,2,6-7H2,1H3,(H,22,23). The number of hydrogen-bond donors (Lipinski definition) is 1. The van der Waals surface area contributed by atoms with Crippen molar-refractivity contribution < 1.29 is 22.7 Å². The van der Waals surface area contributed by atoms with Gasteiger partial charge in [-0.3, -0.25) is 10.2 Å². The van der Waals surface area contributed by atoms with Crippen LogP contribution in [0.1, 0.15) is 29.3 Å². The molecule has 0 aliphatic rings. The lowest BCUT2D eigenvalue weighted by atomic mass is 10.1. The summed E-state index contributed by atoms with van der Waals surface area (Å²) < 4.78 is 43.9. The van der Waals surface area contributed by atoms with Crippen LogP contribution >= 0.6 is 27.3 Å². The first-order valence-corrected chi connectivity index (χ1v) is 9.48. The third-order valence-corrected chi connectivity index (χ3v) is 4.54. The van der Waals surface area contributed by atoms with Crippen molar-refractivity contribution in [3.63, 3.8) is 0 Å². The van der Waals surface area contributed by atoms with Crippen LogP contribution in [0.3, 0.4) is 0 Å². The van der Waals surface area contributed by atoms with E-state index >= 15 is 0 Å². The number of hydrogen-bond acceptors (Lipinski definition) is 6. The van der Waals surface area contributed by atoms with Crippen LogP contribution in [0.25, 0.3) is 0 Å². The average molecular weight is 450 g/mol. The van der Waals surface area contributed by atoms with E-state index in [2.05, 4.69) is 31.4 Å². The van der Waals surface area contributed by atoms with Crippen LogP contribution in [0.5, 0.6) is 0 Å². The van der Waals surface area contributed by atoms with E-state index in [4.69, 9.17) is 4.74 Å². The molecule has 0 unspecified atom stereocenters. The number of ether oxygens (including phenoxy) is 1. The number of nitrogens with one attached hydrogen (secondary N) is 1. The van der Waals surface area contributed by atoms with E-state index in [9.17, 15) is 18.0 Å². The molecule has 0 saturated heterocycles. The number of benzene rings is 1. The number of aromatic nitrogens is 1. The molecule has 0 aliphatic heterocycles. The summed E-state index contributed by atoms with van der Waals surface area (Å²) in [6.45, 7) is 2.02. The highest BCUT2D eigenvalue weighted by molar-refractivity contribution is 9.08. The Balaban J connectivity index is 2.03. The molecule has 1 heterocycles. The van der Waals surface area contributed by atoms with E-state index in [0.717, 1.165) is 6.07 Å². The molecule has 0 radical (unpaired) electrons. The van der Waals surface area contributed by atoms with Crippen molar-refractivity contribution in [2.24, 2.45) is 5.10 Å². The van der Waals surface area contributed by atoms with Gasteiger partial charge in [0.1, 0.15) is 0 Å². The predicted octanol–water partition coefficient (Wildman–Crippen LogP) is 4.61. The Kier molecular flexibility index (Phi) is 7.15. The molecule has 5 nitrogen and oxygen atoms in total. The van der Waals surface area contributed by atoms with Crippen LogP contribution in [-0.2, 0) is 27.5 Å². The number of carbonyl (C=O) groups excluding carboxylic acids is 1. The maximum Gasteiger partial charge on any atom is 0.416 e. The van der Waals surface area contributed by atoms with Gasteiger partial charge in [-0.25, -0.2) is 4.98 Å². The van der Waals surface area contributed by atoms with E-state index in [1.54, 1.807) is 18.4 Å². The Labute approximate surface area is 160 Å². The molecule has 2 rings (SSSR count). The Morgan fingerprint density at radius 3 is 2.88 bits per heavy atom. The summed E-state index contributed by atoms with van der Waals surface area (Å²) in [5, 5.41) is 6.11. The number of halogens is 4. The number of esters is 1. The van der Waals surface area contributed by atoms with Crippen LogP contribution in [0.4, 0.5) is 18.3 Å². The molecule has 1 aromatic carbocycles. The van der Waals surface area contributed by atoms with Crippen LogP contribution < -0.4 is 5.43 Å². The third kappa shape index (κ3) is 5.80. The first kappa shape index (κ1) is 20.4. The molecule has 1 aromatic heterocycles. The quantitative estimate of drug-likeness (QED) is 0.290. The van der Waals surface area contributed by atoms with Gasteiger partial charge in [0.15, 0.2) is 0 Å². The van der Waals surface area contributed by atoms with Gasteiger partial charge in [-0.05, 0) is 24.1 Å². The number of rotatable bonds is 7. The molecule has 0 fully saturated rings. The molecule has 0 bridgehead atoms. The number of carbonyl (C=O) groups is 1. The van der Waals surface area contributed by atoms with Crippen LogP contribution in [0, 0.1) is 0 Å². The molecular formula is C16H15BrF3N3O2S. The van der Waals surface area contributed by atoms with Gasteiger partial charge in [0.05, 0.1) is 30.5 Å². The maximum absolute atomic E-state index is 13.0. The molecule has 10 heteroatoms. The Hall–Kier alpha value is -1.94. The lowest BCUT2D eigenvalue weighted by molar-refractivity contribution is -0.142. The van der Waals surface area contributed by atoms with Crippen molar-refractivity contribution in [3.05, 3.63) is 46.0 Å². The molecule has 0 atom stereocenters. The fourth-order valence-electron chi connectivity index (χ4n) is 2.02. The van der Waals surface area contributed by atoms with Crippen LogP contribution in [0.2, 0.25) is 0 Å². The SMILES string of the molecule is CCOC(=O)Cc1csc(NN=Cc2ccc(CBr)c(C(F)(F)F)c2)n1. The van der Waals surface area contributed by atoms with Crippen LogP contribution in [-0.4, -0.2) is 23.8 Å². The normalized spacial score (nSPS) is 11.7. The van der Waals surface area contributed by atoms with Gasteiger partial charge in [0, 0.05) is 10.7 Å². The van der Waals surface area contributed by atoms with Gasteiger partial charge < -0.3 is 4.74 Å². The molecule has 0 aliphatic carbocycles. The molecule has 0 amide bonds. The lowest BCUT2D eigenvalue weighted by Gasteiger charge is -2.11. The highest BCUT2D eigenvalue weighted by Gasteiger charge is 2.33. The van der Waals surface area contributed by atoms with E-state index in [1.165, 1.54) is 23.6 Å². The molecule has 0 saturated carbocycles. The molecular weight excluding hydrogens is 435 g/mol. The summed E-state index contributed by atoms with van der Waals surface area (Å²) in [4.78, 5) is 15.5. The first-order chi connectivity index (χ1) is 12.3. The summed E-state index contributed by atoms with van der Waals surface area (Å²) in [5.74, 6) is -0.376. The Bertz CT molecular complexity index is 793. The minimum atomic E-state index is -4.43. The molecule has 0 spiro atoms. The molecule has 140 valence electrons. The van der Waals surface area contributed by atoms with Crippen molar-refractivity contribution in [1.82, 2.24) is 4.98 Å². The molecule has 1 N–H and O–H groups in total. The fourth-order valence-corrected chi connectivity index (χ4v) is 3.16. The van der Waals surface area contributed by atoms with Crippen molar-refractivity contribution in [2.75, 3.05) is 12.0 Å². The van der Waals surface area contributed by atoms with Gasteiger partial charge in [-0.1, -0.05) is 28.1 Å². The van der Waals surface area contributed by atoms with Crippen LogP contribution in [0.15, 0.2) is 28.7 Å². The van der Waals surface area contributed by atoms with Gasteiger partial charge in [0.2, 0.25) is 5.13 Å². The second-order valence-electron chi connectivity index (χ2n) is 5.04. The summed E-state index contributed by atoms with van der Waals surface area (Å²) in [6.07, 6.45) is -3.10. The summed E-state index contributed by atoms with van der Waals surface area (Å²) in [6, 6.07) is 3.99. The Morgan fingerprint density at radius 1 is 1.46 bits per heavy atom. The number of thiazole rings is 1. The zero-order valence-electron chi connectivity index (χ0n) is 13.6. The zero-order chi connectivity index (χ0) is 19.2. The highest BCUT2D eigenvalue weighted by Crippen LogP contribution is 2.33. The van der Waals surface area contributed by atoms with Gasteiger partial charge in [-0.15, -0.1) is 11.3 Å². The van der Waals surface area contributed by atoms with Crippen molar-refractivity contribution in [3.8, 4) is 0 Å². The first-order valence-electron chi connectivity index (χ1n) is 7.48. The van der Waals surface area contributed by atoms with Crippen molar-refractivity contribution >= 4 is 44.6 Å². The van der Waals surface area contributed by atoms with Crippen molar-refractivity contribution in [1.29, 1.82) is 0 Å². The summed E-state index contributed by atoms with van der Waals surface area (Å²) in [5.41, 5.74) is 2.93.